The molecular formula is C20H34N6O. The Morgan fingerprint density at radius 2 is 2.19 bits per heavy atom. The van der Waals surface area contributed by atoms with E-state index in [1.54, 1.807) is 0 Å². The number of aromatic amines is 1. The highest BCUT2D eigenvalue weighted by molar-refractivity contribution is 5.81. The van der Waals surface area contributed by atoms with Crippen molar-refractivity contribution >= 4 is 11.9 Å². The Balaban J connectivity index is 1.44. The molecule has 2 heterocycles. The number of carbonyl (C=O) groups is 1. The average molecular weight is 375 g/mol. The first kappa shape index (κ1) is 19.7. The number of hydrogen-bond donors (Lipinski definition) is 3. The van der Waals surface area contributed by atoms with E-state index in [2.05, 4.69) is 39.6 Å². The van der Waals surface area contributed by atoms with Crippen LogP contribution in [0.5, 0.6) is 0 Å². The quantitative estimate of drug-likeness (QED) is 0.387. The summed E-state index contributed by atoms with van der Waals surface area (Å²) in [5.74, 6) is 1.51. The van der Waals surface area contributed by atoms with Gasteiger partial charge in [-0.1, -0.05) is 12.8 Å². The summed E-state index contributed by atoms with van der Waals surface area (Å²) in [7, 11) is 0. The summed E-state index contributed by atoms with van der Waals surface area (Å²) in [5, 5.41) is 13.9. The van der Waals surface area contributed by atoms with E-state index in [-0.39, 0.29) is 5.92 Å². The minimum absolute atomic E-state index is 0.275. The zero-order valence-electron chi connectivity index (χ0n) is 16.8. The molecule has 0 bridgehead atoms. The van der Waals surface area contributed by atoms with E-state index < -0.39 is 0 Å². The molecule has 2 fully saturated rings. The van der Waals surface area contributed by atoms with Crippen molar-refractivity contribution in [2.24, 2.45) is 10.9 Å². The second-order valence-corrected chi connectivity index (χ2v) is 7.78. The van der Waals surface area contributed by atoms with E-state index in [1.807, 2.05) is 6.20 Å². The number of nitrogens with one attached hydrogen (secondary N) is 3. The second-order valence-electron chi connectivity index (χ2n) is 7.78. The van der Waals surface area contributed by atoms with Crippen LogP contribution in [0.4, 0.5) is 0 Å². The summed E-state index contributed by atoms with van der Waals surface area (Å²) in [6.07, 6.45) is 9.45. The van der Waals surface area contributed by atoms with Gasteiger partial charge in [-0.15, -0.1) is 0 Å². The number of hydrogen-bond acceptors (Lipinski definition) is 3. The van der Waals surface area contributed by atoms with Gasteiger partial charge in [-0.2, -0.15) is 5.10 Å². The smallest absolute Gasteiger partial charge is 0.225 e. The van der Waals surface area contributed by atoms with E-state index >= 15 is 0 Å². The molecule has 0 spiro atoms. The number of likely N-dealkylation sites (tertiary alicyclic amines) is 1. The van der Waals surface area contributed by atoms with Crippen molar-refractivity contribution in [3.05, 3.63) is 17.5 Å². The molecule has 1 amide bonds. The SMILES string of the molecule is CCNC(=NCCCc1cn[nH]c1C)NC1CCN(C(=O)C2CCCC2)C1. The number of aryl methyl sites for hydroxylation is 2. The van der Waals surface area contributed by atoms with Crippen LogP contribution in [0.1, 0.15) is 56.7 Å². The number of H-pyrrole nitrogens is 1. The topological polar surface area (TPSA) is 85.4 Å². The fourth-order valence-corrected chi connectivity index (χ4v) is 4.11. The van der Waals surface area contributed by atoms with Crippen LogP contribution in [0.15, 0.2) is 11.2 Å². The van der Waals surface area contributed by atoms with Crippen molar-refractivity contribution in [1.29, 1.82) is 0 Å². The molecule has 7 heteroatoms. The Hall–Kier alpha value is -2.05. The molecule has 2 aliphatic rings. The number of amides is 1. The van der Waals surface area contributed by atoms with Crippen LogP contribution in [0, 0.1) is 12.8 Å². The van der Waals surface area contributed by atoms with Gasteiger partial charge in [-0.25, -0.2) is 0 Å². The summed E-state index contributed by atoms with van der Waals surface area (Å²) >= 11 is 0. The molecule has 1 unspecified atom stereocenters. The third kappa shape index (κ3) is 5.47. The molecule has 150 valence electrons. The lowest BCUT2D eigenvalue weighted by molar-refractivity contribution is -0.134. The number of rotatable bonds is 7. The molecule has 3 rings (SSSR count). The number of nitrogens with zero attached hydrogens (tertiary/aromatic N) is 3. The predicted octanol–water partition coefficient (Wildman–Crippen LogP) is 2.00. The molecule has 1 aromatic rings. The minimum Gasteiger partial charge on any atom is -0.357 e. The van der Waals surface area contributed by atoms with E-state index in [9.17, 15) is 4.79 Å². The maximum Gasteiger partial charge on any atom is 0.225 e. The van der Waals surface area contributed by atoms with Crippen LogP contribution in [0.25, 0.3) is 0 Å². The molecule has 1 aliphatic carbocycles. The summed E-state index contributed by atoms with van der Waals surface area (Å²) in [4.78, 5) is 19.4. The predicted molar refractivity (Wildman–Crippen MR) is 108 cm³/mol. The zero-order chi connectivity index (χ0) is 19.1. The van der Waals surface area contributed by atoms with Crippen molar-refractivity contribution in [2.45, 2.75) is 64.8 Å². The third-order valence-corrected chi connectivity index (χ3v) is 5.70. The first-order valence-electron chi connectivity index (χ1n) is 10.5. The van der Waals surface area contributed by atoms with Gasteiger partial charge in [-0.3, -0.25) is 14.9 Å². The third-order valence-electron chi connectivity index (χ3n) is 5.70. The van der Waals surface area contributed by atoms with Crippen molar-refractivity contribution in [2.75, 3.05) is 26.2 Å². The molecule has 1 saturated carbocycles. The largest absolute Gasteiger partial charge is 0.357 e. The Kier molecular flexibility index (Phi) is 7.12. The molecule has 1 saturated heterocycles. The summed E-state index contributed by atoms with van der Waals surface area (Å²) < 4.78 is 0. The lowest BCUT2D eigenvalue weighted by Crippen LogP contribution is -2.45. The number of guanidine groups is 1. The highest BCUT2D eigenvalue weighted by Gasteiger charge is 2.32. The summed E-state index contributed by atoms with van der Waals surface area (Å²) in [6.45, 7) is 7.41. The first-order valence-corrected chi connectivity index (χ1v) is 10.5. The first-order chi connectivity index (χ1) is 13.2. The van der Waals surface area contributed by atoms with Crippen molar-refractivity contribution in [1.82, 2.24) is 25.7 Å². The van der Waals surface area contributed by atoms with Gasteiger partial charge in [0, 0.05) is 43.8 Å². The Morgan fingerprint density at radius 3 is 2.89 bits per heavy atom. The van der Waals surface area contributed by atoms with Crippen LogP contribution < -0.4 is 10.6 Å². The van der Waals surface area contributed by atoms with Crippen molar-refractivity contribution in [3.63, 3.8) is 0 Å². The van der Waals surface area contributed by atoms with Gasteiger partial charge in [-0.05, 0) is 51.5 Å². The fraction of sp³-hybridized carbons (Fsp3) is 0.750. The lowest BCUT2D eigenvalue weighted by Gasteiger charge is -2.21. The molecule has 3 N–H and O–H groups in total. The van der Waals surface area contributed by atoms with E-state index in [1.165, 1.54) is 18.4 Å². The van der Waals surface area contributed by atoms with E-state index in [4.69, 9.17) is 4.99 Å². The fourth-order valence-electron chi connectivity index (χ4n) is 4.11. The number of aromatic nitrogens is 2. The molecule has 1 aromatic heterocycles. The normalized spacial score (nSPS) is 21.0. The lowest BCUT2D eigenvalue weighted by atomic mass is 10.1. The maximum atomic E-state index is 12.6. The monoisotopic (exact) mass is 374 g/mol. The zero-order valence-corrected chi connectivity index (χ0v) is 16.8. The van der Waals surface area contributed by atoms with Crippen LogP contribution in [0.2, 0.25) is 0 Å². The van der Waals surface area contributed by atoms with E-state index in [0.29, 0.717) is 11.9 Å². The van der Waals surface area contributed by atoms with Crippen LogP contribution >= 0.6 is 0 Å². The number of carbonyl (C=O) groups excluding carboxylic acids is 1. The Morgan fingerprint density at radius 1 is 1.37 bits per heavy atom. The van der Waals surface area contributed by atoms with Gasteiger partial charge in [0.2, 0.25) is 5.91 Å². The van der Waals surface area contributed by atoms with Crippen molar-refractivity contribution < 1.29 is 4.79 Å². The van der Waals surface area contributed by atoms with Crippen LogP contribution in [0.3, 0.4) is 0 Å². The van der Waals surface area contributed by atoms with Gasteiger partial charge < -0.3 is 15.5 Å². The molecular weight excluding hydrogens is 340 g/mol. The van der Waals surface area contributed by atoms with Gasteiger partial charge >= 0.3 is 0 Å². The Bertz CT molecular complexity index is 634. The van der Waals surface area contributed by atoms with Gasteiger partial charge in [0.05, 0.1) is 6.20 Å². The van der Waals surface area contributed by atoms with Gasteiger partial charge in [0.1, 0.15) is 0 Å². The molecule has 7 nitrogen and oxygen atoms in total. The second kappa shape index (κ2) is 9.76. The average Bonchev–Trinajstić information content (AvgIpc) is 3.41. The van der Waals surface area contributed by atoms with Gasteiger partial charge in [0.15, 0.2) is 5.96 Å². The standard InChI is InChI=1S/C20H34N6O/c1-3-21-20(22-11-6-9-17-13-23-25-15(17)2)24-18-10-12-26(14-18)19(27)16-7-4-5-8-16/h13,16,18H,3-12,14H2,1-2H3,(H,23,25)(H2,21,22,24). The van der Waals surface area contributed by atoms with Crippen molar-refractivity contribution in [3.8, 4) is 0 Å². The number of aliphatic imine (C=N–C) groups is 1. The molecule has 0 radical (unpaired) electrons. The summed E-state index contributed by atoms with van der Waals surface area (Å²) in [5.41, 5.74) is 2.40. The highest BCUT2D eigenvalue weighted by atomic mass is 16.2. The Labute approximate surface area is 162 Å². The molecule has 27 heavy (non-hydrogen) atoms. The van der Waals surface area contributed by atoms with Gasteiger partial charge in [0.25, 0.3) is 0 Å². The van der Waals surface area contributed by atoms with Crippen LogP contribution in [-0.4, -0.2) is 59.2 Å². The van der Waals surface area contributed by atoms with E-state index in [0.717, 1.165) is 69.9 Å². The minimum atomic E-state index is 0.275. The summed E-state index contributed by atoms with van der Waals surface area (Å²) in [6, 6.07) is 0.296. The maximum absolute atomic E-state index is 12.6. The highest BCUT2D eigenvalue weighted by Crippen LogP contribution is 2.27. The molecule has 0 aromatic carbocycles. The molecule has 1 atom stereocenters. The van der Waals surface area contributed by atoms with Crippen LogP contribution in [-0.2, 0) is 11.2 Å². The molecule has 1 aliphatic heterocycles.